The van der Waals surface area contributed by atoms with Crippen LogP contribution in [0.5, 0.6) is 11.5 Å². The number of methoxy groups -OCH3 is 2. The van der Waals surface area contributed by atoms with Crippen LogP contribution in [0.3, 0.4) is 0 Å². The van der Waals surface area contributed by atoms with Crippen molar-refractivity contribution in [1.82, 2.24) is 4.90 Å². The van der Waals surface area contributed by atoms with Gasteiger partial charge in [-0.3, -0.25) is 4.79 Å². The average molecular weight is 386 g/mol. The van der Waals surface area contributed by atoms with Gasteiger partial charge < -0.3 is 14.4 Å². The SMILES string of the molecule is COc1cc(OC)cc(C(=O)N2CCc3sccc3[C@@H]2c2cccs2)c1. The summed E-state index contributed by atoms with van der Waals surface area (Å²) in [5.41, 5.74) is 1.83. The lowest BCUT2D eigenvalue weighted by molar-refractivity contribution is 0.0698. The van der Waals surface area contributed by atoms with E-state index in [0.717, 1.165) is 6.42 Å². The third kappa shape index (κ3) is 2.99. The Bertz CT molecular complexity index is 895. The first kappa shape index (κ1) is 17.1. The van der Waals surface area contributed by atoms with Crippen LogP contribution in [0, 0.1) is 0 Å². The number of hydrogen-bond acceptors (Lipinski definition) is 5. The van der Waals surface area contributed by atoms with Gasteiger partial charge in [0.1, 0.15) is 11.5 Å². The number of benzene rings is 1. The summed E-state index contributed by atoms with van der Waals surface area (Å²) in [6, 6.07) is 11.6. The Kier molecular flexibility index (Phi) is 4.70. The first-order valence-corrected chi connectivity index (χ1v) is 10.1. The number of ether oxygens (including phenoxy) is 2. The van der Waals surface area contributed by atoms with E-state index >= 15 is 0 Å². The smallest absolute Gasteiger partial charge is 0.254 e. The number of hydrogen-bond donors (Lipinski definition) is 0. The molecule has 3 heterocycles. The van der Waals surface area contributed by atoms with E-state index in [1.807, 2.05) is 11.0 Å². The van der Waals surface area contributed by atoms with E-state index in [-0.39, 0.29) is 11.9 Å². The van der Waals surface area contributed by atoms with E-state index in [2.05, 4.69) is 22.9 Å². The molecule has 134 valence electrons. The van der Waals surface area contributed by atoms with Gasteiger partial charge in [0.15, 0.2) is 0 Å². The second kappa shape index (κ2) is 7.13. The standard InChI is InChI=1S/C20H19NO3S2/c1-23-14-10-13(11-15(12-14)24-2)20(22)21-7-5-17-16(6-9-26-17)19(21)18-4-3-8-25-18/h3-4,6,8-12,19H,5,7H2,1-2H3/t19-/m1/s1. The summed E-state index contributed by atoms with van der Waals surface area (Å²) in [7, 11) is 3.19. The fourth-order valence-electron chi connectivity index (χ4n) is 3.39. The largest absolute Gasteiger partial charge is 0.497 e. The van der Waals surface area contributed by atoms with Gasteiger partial charge in [-0.15, -0.1) is 22.7 Å². The summed E-state index contributed by atoms with van der Waals surface area (Å²) in [6.07, 6.45) is 0.891. The second-order valence-corrected chi connectivity index (χ2v) is 8.05. The van der Waals surface area contributed by atoms with Gasteiger partial charge in [-0.05, 0) is 47.0 Å². The minimum absolute atomic E-state index is 0.00236. The topological polar surface area (TPSA) is 38.8 Å². The van der Waals surface area contributed by atoms with Crippen molar-refractivity contribution >= 4 is 28.6 Å². The quantitative estimate of drug-likeness (QED) is 0.658. The summed E-state index contributed by atoms with van der Waals surface area (Å²) >= 11 is 3.46. The highest BCUT2D eigenvalue weighted by Crippen LogP contribution is 2.40. The predicted molar refractivity (Wildman–Crippen MR) is 105 cm³/mol. The molecule has 26 heavy (non-hydrogen) atoms. The Balaban J connectivity index is 1.75. The summed E-state index contributed by atoms with van der Waals surface area (Å²) in [5.74, 6) is 1.24. The molecule has 0 spiro atoms. The molecule has 4 rings (SSSR count). The average Bonchev–Trinajstić information content (AvgIpc) is 3.37. The number of nitrogens with zero attached hydrogens (tertiary/aromatic N) is 1. The number of amides is 1. The van der Waals surface area contributed by atoms with Crippen molar-refractivity contribution in [1.29, 1.82) is 0 Å². The number of rotatable bonds is 4. The maximum absolute atomic E-state index is 13.4. The molecule has 0 fully saturated rings. The molecule has 2 aromatic heterocycles. The number of thiophene rings is 2. The fourth-order valence-corrected chi connectivity index (χ4v) is 5.14. The molecule has 6 heteroatoms. The van der Waals surface area contributed by atoms with Crippen LogP contribution in [0.4, 0.5) is 0 Å². The zero-order valence-corrected chi connectivity index (χ0v) is 16.2. The van der Waals surface area contributed by atoms with Gasteiger partial charge in [0.2, 0.25) is 0 Å². The van der Waals surface area contributed by atoms with Crippen LogP contribution in [0.1, 0.15) is 31.7 Å². The summed E-state index contributed by atoms with van der Waals surface area (Å²) in [5, 5.41) is 4.18. The molecule has 0 saturated heterocycles. The molecule has 1 aliphatic rings. The van der Waals surface area contributed by atoms with Gasteiger partial charge in [-0.1, -0.05) is 6.07 Å². The van der Waals surface area contributed by atoms with Crippen molar-refractivity contribution in [3.63, 3.8) is 0 Å². The zero-order chi connectivity index (χ0) is 18.1. The van der Waals surface area contributed by atoms with Crippen molar-refractivity contribution in [2.45, 2.75) is 12.5 Å². The molecule has 0 aliphatic carbocycles. The van der Waals surface area contributed by atoms with E-state index in [4.69, 9.17) is 9.47 Å². The lowest BCUT2D eigenvalue weighted by Crippen LogP contribution is -2.39. The van der Waals surface area contributed by atoms with Crippen LogP contribution in [0.25, 0.3) is 0 Å². The van der Waals surface area contributed by atoms with E-state index in [0.29, 0.717) is 23.6 Å². The number of carbonyl (C=O) groups is 1. The predicted octanol–water partition coefficient (Wildman–Crippen LogP) is 4.61. The zero-order valence-electron chi connectivity index (χ0n) is 14.6. The van der Waals surface area contributed by atoms with Crippen LogP contribution >= 0.6 is 22.7 Å². The van der Waals surface area contributed by atoms with Crippen molar-refractivity contribution in [3.05, 3.63) is 68.0 Å². The lowest BCUT2D eigenvalue weighted by atomic mass is 9.97. The Morgan fingerprint density at radius 2 is 1.85 bits per heavy atom. The lowest BCUT2D eigenvalue weighted by Gasteiger charge is -2.35. The first-order valence-electron chi connectivity index (χ1n) is 8.35. The molecule has 0 bridgehead atoms. The Morgan fingerprint density at radius 3 is 2.50 bits per heavy atom. The highest BCUT2D eigenvalue weighted by molar-refractivity contribution is 7.10. The molecule has 0 N–H and O–H groups in total. The van der Waals surface area contributed by atoms with Crippen LogP contribution in [-0.2, 0) is 6.42 Å². The van der Waals surface area contributed by atoms with E-state index in [1.165, 1.54) is 15.3 Å². The third-order valence-corrected chi connectivity index (χ3v) is 6.56. The van der Waals surface area contributed by atoms with E-state index < -0.39 is 0 Å². The Labute approximate surface area is 160 Å². The Hall–Kier alpha value is -2.31. The van der Waals surface area contributed by atoms with E-state index in [9.17, 15) is 4.79 Å². The third-order valence-electron chi connectivity index (χ3n) is 4.64. The second-order valence-electron chi connectivity index (χ2n) is 6.07. The maximum Gasteiger partial charge on any atom is 0.254 e. The monoisotopic (exact) mass is 385 g/mol. The summed E-state index contributed by atoms with van der Waals surface area (Å²) < 4.78 is 10.7. The molecule has 0 radical (unpaired) electrons. The van der Waals surface area contributed by atoms with E-state index in [1.54, 1.807) is 55.1 Å². The molecule has 0 saturated carbocycles. The first-order chi connectivity index (χ1) is 12.7. The summed E-state index contributed by atoms with van der Waals surface area (Å²) in [6.45, 7) is 0.703. The molecule has 1 aromatic carbocycles. The fraction of sp³-hybridized carbons (Fsp3) is 0.250. The normalized spacial score (nSPS) is 16.2. The number of carbonyl (C=O) groups excluding carboxylic acids is 1. The van der Waals surface area contributed by atoms with Gasteiger partial charge in [-0.2, -0.15) is 0 Å². The molecular weight excluding hydrogens is 366 g/mol. The Morgan fingerprint density at radius 1 is 1.08 bits per heavy atom. The molecular formula is C20H19NO3S2. The van der Waals surface area contributed by atoms with Gasteiger partial charge in [-0.25, -0.2) is 0 Å². The van der Waals surface area contributed by atoms with Crippen molar-refractivity contribution < 1.29 is 14.3 Å². The molecule has 4 nitrogen and oxygen atoms in total. The molecule has 1 aliphatic heterocycles. The number of fused-ring (bicyclic) bond motifs is 1. The minimum atomic E-state index is -0.0327. The molecule has 0 unspecified atom stereocenters. The van der Waals surface area contributed by atoms with Crippen LogP contribution in [-0.4, -0.2) is 31.6 Å². The highest BCUT2D eigenvalue weighted by atomic mass is 32.1. The van der Waals surface area contributed by atoms with Gasteiger partial charge >= 0.3 is 0 Å². The van der Waals surface area contributed by atoms with Crippen LogP contribution < -0.4 is 9.47 Å². The van der Waals surface area contributed by atoms with Crippen molar-refractivity contribution in [2.24, 2.45) is 0 Å². The van der Waals surface area contributed by atoms with Gasteiger partial charge in [0.25, 0.3) is 5.91 Å². The van der Waals surface area contributed by atoms with Gasteiger partial charge in [0, 0.05) is 27.9 Å². The maximum atomic E-state index is 13.4. The van der Waals surface area contributed by atoms with Crippen LogP contribution in [0.2, 0.25) is 0 Å². The van der Waals surface area contributed by atoms with Crippen LogP contribution in [0.15, 0.2) is 47.2 Å². The van der Waals surface area contributed by atoms with Gasteiger partial charge in [0.05, 0.1) is 20.3 Å². The van der Waals surface area contributed by atoms with Crippen molar-refractivity contribution in [3.8, 4) is 11.5 Å². The molecule has 3 aromatic rings. The highest BCUT2D eigenvalue weighted by Gasteiger charge is 2.34. The minimum Gasteiger partial charge on any atom is -0.497 e. The molecule has 1 amide bonds. The van der Waals surface area contributed by atoms with Crippen molar-refractivity contribution in [2.75, 3.05) is 20.8 Å². The molecule has 1 atom stereocenters. The summed E-state index contributed by atoms with van der Waals surface area (Å²) in [4.78, 5) is 17.9.